The molecule has 3 rings (SSSR count). The number of hydrogen-bond acceptors (Lipinski definition) is 2. The van der Waals surface area contributed by atoms with E-state index in [1.807, 2.05) is 54.6 Å². The van der Waals surface area contributed by atoms with Crippen molar-refractivity contribution < 1.29 is 5.11 Å². The first-order valence-electron chi connectivity index (χ1n) is 6.88. The molecule has 0 aromatic heterocycles. The van der Waals surface area contributed by atoms with Gasteiger partial charge in [0.15, 0.2) is 0 Å². The van der Waals surface area contributed by atoms with E-state index in [0.717, 1.165) is 21.1 Å². The Balaban J connectivity index is 1.73. The van der Waals surface area contributed by atoms with Crippen LogP contribution in [0.15, 0.2) is 71.2 Å². The van der Waals surface area contributed by atoms with Gasteiger partial charge in [0, 0.05) is 16.7 Å². The van der Waals surface area contributed by atoms with Gasteiger partial charge >= 0.3 is 0 Å². The van der Waals surface area contributed by atoms with Crippen molar-refractivity contribution >= 4 is 32.4 Å². The van der Waals surface area contributed by atoms with Crippen LogP contribution in [-0.2, 0) is 0 Å². The second-order valence-electron chi connectivity index (χ2n) is 5.01. The highest BCUT2D eigenvalue weighted by Gasteiger charge is 2.08. The summed E-state index contributed by atoms with van der Waals surface area (Å²) in [5, 5.41) is 15.9. The van der Waals surface area contributed by atoms with Crippen molar-refractivity contribution in [1.82, 2.24) is 0 Å². The smallest absolute Gasteiger partial charge is 0.0962 e. The Bertz CT molecular complexity index is 757. The first-order chi connectivity index (χ1) is 10.2. The van der Waals surface area contributed by atoms with Gasteiger partial charge in [-0.1, -0.05) is 58.4 Å². The lowest BCUT2D eigenvalue weighted by atomic mass is 10.0. The first-order valence-corrected chi connectivity index (χ1v) is 7.68. The molecule has 21 heavy (non-hydrogen) atoms. The molecule has 0 aliphatic heterocycles. The van der Waals surface area contributed by atoms with Crippen LogP contribution in [0.4, 0.5) is 5.69 Å². The third kappa shape index (κ3) is 3.43. The monoisotopic (exact) mass is 341 g/mol. The lowest BCUT2D eigenvalue weighted by Gasteiger charge is -2.14. The Kier molecular flexibility index (Phi) is 4.23. The second kappa shape index (κ2) is 6.29. The quantitative estimate of drug-likeness (QED) is 0.717. The largest absolute Gasteiger partial charge is 0.387 e. The predicted octanol–water partition coefficient (Wildman–Crippen LogP) is 4.75. The number of benzene rings is 3. The Morgan fingerprint density at radius 1 is 0.905 bits per heavy atom. The Morgan fingerprint density at radius 2 is 1.71 bits per heavy atom. The van der Waals surface area contributed by atoms with Crippen LogP contribution in [0.25, 0.3) is 10.8 Å². The van der Waals surface area contributed by atoms with E-state index in [-0.39, 0.29) is 0 Å². The van der Waals surface area contributed by atoms with Crippen molar-refractivity contribution in [2.24, 2.45) is 0 Å². The van der Waals surface area contributed by atoms with Crippen molar-refractivity contribution in [3.63, 3.8) is 0 Å². The molecule has 0 aliphatic carbocycles. The highest BCUT2D eigenvalue weighted by Crippen LogP contribution is 2.21. The minimum atomic E-state index is -0.534. The van der Waals surface area contributed by atoms with Gasteiger partial charge in [-0.15, -0.1) is 0 Å². The number of rotatable bonds is 4. The van der Waals surface area contributed by atoms with Gasteiger partial charge in [0.05, 0.1) is 6.10 Å². The normalized spacial score (nSPS) is 12.3. The summed E-state index contributed by atoms with van der Waals surface area (Å²) in [6, 6.07) is 22.2. The molecule has 3 aromatic carbocycles. The molecule has 1 unspecified atom stereocenters. The average molecular weight is 342 g/mol. The van der Waals surface area contributed by atoms with Crippen molar-refractivity contribution in [3.05, 3.63) is 76.8 Å². The second-order valence-corrected chi connectivity index (χ2v) is 5.93. The molecule has 0 amide bonds. The molecule has 0 saturated heterocycles. The average Bonchev–Trinajstić information content (AvgIpc) is 2.52. The number of fused-ring (bicyclic) bond motifs is 1. The number of nitrogens with one attached hydrogen (secondary N) is 1. The van der Waals surface area contributed by atoms with Crippen LogP contribution in [0.1, 0.15) is 11.7 Å². The molecular formula is C18H16BrNO. The summed E-state index contributed by atoms with van der Waals surface area (Å²) in [5.41, 5.74) is 1.92. The van der Waals surface area contributed by atoms with E-state index in [0.29, 0.717) is 6.54 Å². The van der Waals surface area contributed by atoms with Crippen LogP contribution in [-0.4, -0.2) is 11.7 Å². The zero-order valence-electron chi connectivity index (χ0n) is 11.5. The minimum absolute atomic E-state index is 0.481. The number of anilines is 1. The van der Waals surface area contributed by atoms with E-state index in [4.69, 9.17) is 0 Å². The number of aliphatic hydroxyl groups is 1. The molecular weight excluding hydrogens is 326 g/mol. The Hall–Kier alpha value is -1.84. The number of aliphatic hydroxyl groups excluding tert-OH is 1. The third-order valence-corrected chi connectivity index (χ3v) is 3.98. The molecule has 0 radical (unpaired) electrons. The van der Waals surface area contributed by atoms with Crippen LogP contribution in [0.3, 0.4) is 0 Å². The van der Waals surface area contributed by atoms with Crippen LogP contribution < -0.4 is 5.32 Å². The third-order valence-electron chi connectivity index (χ3n) is 3.48. The Morgan fingerprint density at radius 3 is 2.52 bits per heavy atom. The number of hydrogen-bond donors (Lipinski definition) is 2. The fraction of sp³-hybridized carbons (Fsp3) is 0.111. The van der Waals surface area contributed by atoms with Gasteiger partial charge in [-0.05, 0) is 40.6 Å². The molecule has 2 nitrogen and oxygen atoms in total. The summed E-state index contributed by atoms with van der Waals surface area (Å²) in [5.74, 6) is 0. The molecule has 106 valence electrons. The Labute approximate surface area is 132 Å². The van der Waals surface area contributed by atoms with E-state index in [1.165, 1.54) is 5.39 Å². The summed E-state index contributed by atoms with van der Waals surface area (Å²) >= 11 is 3.44. The predicted molar refractivity (Wildman–Crippen MR) is 91.5 cm³/mol. The first kappa shape index (κ1) is 14.1. The van der Waals surface area contributed by atoms with Gasteiger partial charge in [-0.2, -0.15) is 0 Å². The zero-order valence-corrected chi connectivity index (χ0v) is 13.0. The van der Waals surface area contributed by atoms with Crippen LogP contribution in [0.5, 0.6) is 0 Å². The van der Waals surface area contributed by atoms with Gasteiger partial charge in [0.25, 0.3) is 0 Å². The molecule has 1 atom stereocenters. The maximum absolute atomic E-state index is 10.3. The molecule has 0 spiro atoms. The van der Waals surface area contributed by atoms with E-state index < -0.39 is 6.10 Å². The molecule has 0 saturated carbocycles. The van der Waals surface area contributed by atoms with Crippen molar-refractivity contribution in [2.75, 3.05) is 11.9 Å². The van der Waals surface area contributed by atoms with Crippen LogP contribution in [0.2, 0.25) is 0 Å². The van der Waals surface area contributed by atoms with Gasteiger partial charge in [0.2, 0.25) is 0 Å². The van der Waals surface area contributed by atoms with E-state index >= 15 is 0 Å². The summed E-state index contributed by atoms with van der Waals surface area (Å²) in [6.45, 7) is 0.481. The summed E-state index contributed by atoms with van der Waals surface area (Å²) < 4.78 is 1.02. The summed E-state index contributed by atoms with van der Waals surface area (Å²) in [7, 11) is 0. The molecule has 3 heteroatoms. The molecule has 2 N–H and O–H groups in total. The fourth-order valence-corrected chi connectivity index (χ4v) is 2.75. The maximum Gasteiger partial charge on any atom is 0.0962 e. The standard InChI is InChI=1S/C18H16BrNO/c19-16-6-3-7-17(11-16)20-12-18(21)15-9-8-13-4-1-2-5-14(13)10-15/h1-11,18,20-21H,12H2. The topological polar surface area (TPSA) is 32.3 Å². The fourth-order valence-electron chi connectivity index (χ4n) is 2.35. The molecule has 3 aromatic rings. The summed E-state index contributed by atoms with van der Waals surface area (Å²) in [4.78, 5) is 0. The van der Waals surface area contributed by atoms with Crippen LogP contribution >= 0.6 is 15.9 Å². The highest BCUT2D eigenvalue weighted by molar-refractivity contribution is 9.10. The summed E-state index contributed by atoms with van der Waals surface area (Å²) in [6.07, 6.45) is -0.534. The molecule has 0 bridgehead atoms. The minimum Gasteiger partial charge on any atom is -0.387 e. The lowest BCUT2D eigenvalue weighted by Crippen LogP contribution is -2.12. The van der Waals surface area contributed by atoms with E-state index in [9.17, 15) is 5.11 Å². The van der Waals surface area contributed by atoms with Gasteiger partial charge in [-0.3, -0.25) is 0 Å². The van der Waals surface area contributed by atoms with E-state index in [1.54, 1.807) is 0 Å². The highest BCUT2D eigenvalue weighted by atomic mass is 79.9. The van der Waals surface area contributed by atoms with Gasteiger partial charge in [-0.25, -0.2) is 0 Å². The van der Waals surface area contributed by atoms with Crippen LogP contribution in [0, 0.1) is 0 Å². The van der Waals surface area contributed by atoms with Gasteiger partial charge < -0.3 is 10.4 Å². The lowest BCUT2D eigenvalue weighted by molar-refractivity contribution is 0.192. The molecule has 0 aliphatic rings. The van der Waals surface area contributed by atoms with Crippen molar-refractivity contribution in [1.29, 1.82) is 0 Å². The SMILES string of the molecule is OC(CNc1cccc(Br)c1)c1ccc2ccccc2c1. The van der Waals surface area contributed by atoms with Crippen molar-refractivity contribution in [3.8, 4) is 0 Å². The van der Waals surface area contributed by atoms with Crippen molar-refractivity contribution in [2.45, 2.75) is 6.10 Å². The number of halogens is 1. The molecule has 0 heterocycles. The zero-order chi connectivity index (χ0) is 14.7. The maximum atomic E-state index is 10.3. The molecule has 0 fully saturated rings. The van der Waals surface area contributed by atoms with Gasteiger partial charge in [0.1, 0.15) is 0 Å². The van der Waals surface area contributed by atoms with E-state index in [2.05, 4.69) is 33.4 Å².